The summed E-state index contributed by atoms with van der Waals surface area (Å²) in [4.78, 5) is 23.6. The van der Waals surface area contributed by atoms with Crippen molar-refractivity contribution in [1.29, 1.82) is 0 Å². The topological polar surface area (TPSA) is 77.8 Å². The summed E-state index contributed by atoms with van der Waals surface area (Å²) < 4.78 is 10.7. The highest BCUT2D eigenvalue weighted by Crippen LogP contribution is 2.37. The van der Waals surface area contributed by atoms with E-state index in [0.717, 1.165) is 49.8 Å². The van der Waals surface area contributed by atoms with Crippen LogP contribution < -0.4 is 9.64 Å². The minimum absolute atomic E-state index is 0.0493. The van der Waals surface area contributed by atoms with Gasteiger partial charge in [-0.25, -0.2) is 4.79 Å². The van der Waals surface area contributed by atoms with Gasteiger partial charge in [-0.2, -0.15) is 0 Å². The van der Waals surface area contributed by atoms with Crippen LogP contribution in [0.15, 0.2) is 47.5 Å². The van der Waals surface area contributed by atoms with Gasteiger partial charge in [0.05, 0.1) is 42.3 Å². The maximum atomic E-state index is 12.1. The zero-order valence-corrected chi connectivity index (χ0v) is 22.8. The number of anilines is 1. The van der Waals surface area contributed by atoms with E-state index in [0.29, 0.717) is 28.9 Å². The Kier molecular flexibility index (Phi) is 9.54. The molecule has 0 aromatic heterocycles. The zero-order valence-electron chi connectivity index (χ0n) is 21.3. The van der Waals surface area contributed by atoms with E-state index < -0.39 is 6.04 Å². The van der Waals surface area contributed by atoms with Gasteiger partial charge >= 0.3 is 5.97 Å². The highest BCUT2D eigenvalue weighted by molar-refractivity contribution is 6.33. The molecule has 37 heavy (non-hydrogen) atoms. The van der Waals surface area contributed by atoms with Gasteiger partial charge in [0, 0.05) is 43.8 Å². The molecular weight excluding hydrogens is 515 g/mol. The molecule has 10 heteroatoms. The first-order valence-corrected chi connectivity index (χ1v) is 13.4. The van der Waals surface area contributed by atoms with Crippen molar-refractivity contribution in [2.24, 2.45) is 4.99 Å². The molecule has 2 atom stereocenters. The highest BCUT2D eigenvalue weighted by atomic mass is 35.5. The molecule has 200 valence electrons. The molecule has 2 aromatic carbocycles. The summed E-state index contributed by atoms with van der Waals surface area (Å²) in [5.41, 5.74) is 2.10. The average Bonchev–Trinajstić information content (AvgIpc) is 3.27. The van der Waals surface area contributed by atoms with Crippen LogP contribution in [0.25, 0.3) is 0 Å². The van der Waals surface area contributed by atoms with Crippen LogP contribution in [-0.4, -0.2) is 91.8 Å². The number of benzene rings is 2. The lowest BCUT2D eigenvalue weighted by Gasteiger charge is -2.44. The lowest BCUT2D eigenvalue weighted by Crippen LogP contribution is -2.50. The third-order valence-corrected chi connectivity index (χ3v) is 7.30. The van der Waals surface area contributed by atoms with Gasteiger partial charge in [0.1, 0.15) is 12.4 Å². The van der Waals surface area contributed by atoms with Crippen molar-refractivity contribution >= 4 is 40.7 Å². The van der Waals surface area contributed by atoms with E-state index in [1.54, 1.807) is 6.07 Å². The molecule has 0 spiro atoms. The Hall–Kier alpha value is -2.52. The van der Waals surface area contributed by atoms with Crippen molar-refractivity contribution < 1.29 is 19.4 Å². The summed E-state index contributed by atoms with van der Waals surface area (Å²) in [7, 11) is 0. The van der Waals surface area contributed by atoms with Crippen LogP contribution in [0, 0.1) is 0 Å². The Balaban J connectivity index is 1.46. The lowest BCUT2D eigenvalue weighted by atomic mass is 10.0. The van der Waals surface area contributed by atoms with Crippen LogP contribution >= 0.6 is 23.2 Å². The summed E-state index contributed by atoms with van der Waals surface area (Å²) in [6, 6.07) is 13.3. The van der Waals surface area contributed by atoms with Crippen LogP contribution in [0.1, 0.15) is 25.5 Å². The van der Waals surface area contributed by atoms with E-state index in [1.807, 2.05) is 38.1 Å². The summed E-state index contributed by atoms with van der Waals surface area (Å²) in [6.45, 7) is 8.97. The van der Waals surface area contributed by atoms with Gasteiger partial charge in [0.15, 0.2) is 6.04 Å². The normalized spacial score (nSPS) is 20.2. The van der Waals surface area contributed by atoms with Crippen LogP contribution in [0.2, 0.25) is 10.0 Å². The number of aliphatic hydroxyl groups is 1. The molecule has 0 bridgehead atoms. The highest BCUT2D eigenvalue weighted by Gasteiger charge is 2.32. The third kappa shape index (κ3) is 6.87. The van der Waals surface area contributed by atoms with Gasteiger partial charge in [0.25, 0.3) is 0 Å². The molecule has 8 nitrogen and oxygen atoms in total. The molecule has 2 heterocycles. The summed E-state index contributed by atoms with van der Waals surface area (Å²) in [6.07, 6.45) is 0. The fraction of sp³-hybridized carbons (Fsp3) is 0.481. The number of halogens is 2. The van der Waals surface area contributed by atoms with Gasteiger partial charge in [-0.3, -0.25) is 9.89 Å². The largest absolute Gasteiger partial charge is 0.491 e. The summed E-state index contributed by atoms with van der Waals surface area (Å²) in [5, 5.41) is 10.3. The fourth-order valence-electron chi connectivity index (χ4n) is 4.84. The van der Waals surface area contributed by atoms with Crippen molar-refractivity contribution in [2.75, 3.05) is 64.0 Å². The number of ether oxygens (including phenoxy) is 2. The van der Waals surface area contributed by atoms with Crippen molar-refractivity contribution in [2.45, 2.75) is 25.9 Å². The Morgan fingerprint density at radius 1 is 1.11 bits per heavy atom. The molecule has 1 saturated heterocycles. The number of carbonyl (C=O) groups excluding carboxylic acids is 1. The molecule has 2 aliphatic rings. The van der Waals surface area contributed by atoms with Crippen molar-refractivity contribution in [1.82, 2.24) is 9.80 Å². The molecular formula is C27H34Cl2N4O4. The predicted octanol–water partition coefficient (Wildman–Crippen LogP) is 3.89. The zero-order chi connectivity index (χ0) is 26.4. The first-order valence-electron chi connectivity index (χ1n) is 12.6. The number of amidine groups is 1. The third-order valence-electron chi connectivity index (χ3n) is 6.75. The molecule has 0 aliphatic carbocycles. The van der Waals surface area contributed by atoms with Gasteiger partial charge in [-0.05, 0) is 43.7 Å². The number of aliphatic hydroxyl groups excluding tert-OH is 1. The average molecular weight is 549 g/mol. The summed E-state index contributed by atoms with van der Waals surface area (Å²) in [5.74, 6) is 1.25. The van der Waals surface area contributed by atoms with E-state index in [2.05, 4.69) is 31.8 Å². The molecule has 2 aromatic rings. The van der Waals surface area contributed by atoms with Crippen molar-refractivity contribution in [3.8, 4) is 5.75 Å². The number of rotatable bonds is 10. The maximum Gasteiger partial charge on any atom is 0.332 e. The number of nitrogens with zero attached hydrogens (tertiary/aromatic N) is 4. The van der Waals surface area contributed by atoms with E-state index in [1.165, 1.54) is 0 Å². The number of esters is 1. The van der Waals surface area contributed by atoms with E-state index in [-0.39, 0.29) is 25.2 Å². The first kappa shape index (κ1) is 27.5. The van der Waals surface area contributed by atoms with E-state index >= 15 is 0 Å². The Bertz CT molecular complexity index is 1100. The van der Waals surface area contributed by atoms with Crippen molar-refractivity contribution in [3.63, 3.8) is 0 Å². The second kappa shape index (κ2) is 12.8. The standard InChI is InChI=1S/C27H34Cl2N4O4/c1-3-36-27(35)24-17-32(19(2)30-24)12-10-31-11-13-33(26(18-31)20-4-6-21(28)7-5-20)25-9-8-22(16-23(25)29)37-15-14-34/h4-9,16,24,26,34H,3,10-15,17-18H2,1-2H3/t24?,26-/m0/s1. The Morgan fingerprint density at radius 3 is 2.59 bits per heavy atom. The molecule has 1 N–H and O–H groups in total. The lowest BCUT2D eigenvalue weighted by molar-refractivity contribution is -0.144. The summed E-state index contributed by atoms with van der Waals surface area (Å²) >= 11 is 12.9. The molecule has 1 unspecified atom stereocenters. The smallest absolute Gasteiger partial charge is 0.332 e. The van der Waals surface area contributed by atoms with Crippen LogP contribution in [-0.2, 0) is 9.53 Å². The van der Waals surface area contributed by atoms with Gasteiger partial charge < -0.3 is 24.4 Å². The minimum atomic E-state index is -0.440. The Labute approximate surface area is 228 Å². The number of hydrogen-bond acceptors (Lipinski definition) is 8. The van der Waals surface area contributed by atoms with Crippen LogP contribution in [0.5, 0.6) is 5.75 Å². The number of hydrogen-bond donors (Lipinski definition) is 1. The SMILES string of the molecule is CCOC(=O)C1CN(CCN2CCN(c3ccc(OCCO)cc3Cl)[C@H](c3ccc(Cl)cc3)C2)C(C)=N1. The number of piperazine rings is 1. The van der Waals surface area contributed by atoms with Gasteiger partial charge in [0.2, 0.25) is 0 Å². The van der Waals surface area contributed by atoms with Gasteiger partial charge in [-0.15, -0.1) is 0 Å². The minimum Gasteiger partial charge on any atom is -0.491 e. The van der Waals surface area contributed by atoms with Crippen LogP contribution in [0.3, 0.4) is 0 Å². The Morgan fingerprint density at radius 2 is 1.89 bits per heavy atom. The van der Waals surface area contributed by atoms with E-state index in [9.17, 15) is 4.79 Å². The second-order valence-corrected chi connectivity index (χ2v) is 9.98. The van der Waals surface area contributed by atoms with Gasteiger partial charge in [-0.1, -0.05) is 35.3 Å². The maximum absolute atomic E-state index is 12.1. The monoisotopic (exact) mass is 548 g/mol. The molecule has 2 aliphatic heterocycles. The van der Waals surface area contributed by atoms with E-state index in [4.69, 9.17) is 37.8 Å². The molecule has 0 amide bonds. The predicted molar refractivity (Wildman–Crippen MR) is 147 cm³/mol. The second-order valence-electron chi connectivity index (χ2n) is 9.14. The van der Waals surface area contributed by atoms with Crippen LogP contribution in [0.4, 0.5) is 5.69 Å². The fourth-order valence-corrected chi connectivity index (χ4v) is 5.25. The first-order chi connectivity index (χ1) is 17.9. The van der Waals surface area contributed by atoms with Crippen molar-refractivity contribution in [3.05, 3.63) is 58.1 Å². The number of aliphatic imine (C=N–C) groups is 1. The number of carbonyl (C=O) groups is 1. The quantitative estimate of drug-likeness (QED) is 0.451. The molecule has 4 rings (SSSR count). The molecule has 1 fully saturated rings. The molecule has 0 saturated carbocycles. The molecule has 0 radical (unpaired) electrons.